The van der Waals surface area contributed by atoms with E-state index in [9.17, 15) is 10.2 Å². The first kappa shape index (κ1) is 13.9. The van der Waals surface area contributed by atoms with Crippen molar-refractivity contribution in [3.05, 3.63) is 0 Å². The Hall–Kier alpha value is -0.120. The largest absolute Gasteiger partial charge is 0.393 e. The van der Waals surface area contributed by atoms with Crippen LogP contribution < -0.4 is 0 Å². The van der Waals surface area contributed by atoms with Crippen molar-refractivity contribution < 1.29 is 14.9 Å². The van der Waals surface area contributed by atoms with Crippen LogP contribution in [0, 0.1) is 5.92 Å². The Morgan fingerprint density at radius 2 is 1.71 bits per heavy atom. The molecule has 3 heteroatoms. The molecule has 3 nitrogen and oxygen atoms in total. The Labute approximate surface area is 87.1 Å². The molecular weight excluding hydrogens is 180 g/mol. The van der Waals surface area contributed by atoms with Crippen LogP contribution in [0.25, 0.3) is 0 Å². The maximum atomic E-state index is 9.55. The van der Waals surface area contributed by atoms with Gasteiger partial charge in [-0.2, -0.15) is 0 Å². The van der Waals surface area contributed by atoms with Crippen molar-refractivity contribution in [3.8, 4) is 0 Å². The zero-order valence-electron chi connectivity index (χ0n) is 9.73. The lowest BCUT2D eigenvalue weighted by atomic mass is 9.94. The second-order valence-corrected chi connectivity index (χ2v) is 4.04. The molecule has 0 aliphatic carbocycles. The van der Waals surface area contributed by atoms with E-state index in [1.165, 1.54) is 0 Å². The van der Waals surface area contributed by atoms with Gasteiger partial charge in [0.15, 0.2) is 0 Å². The van der Waals surface area contributed by atoms with E-state index in [-0.39, 0.29) is 18.1 Å². The summed E-state index contributed by atoms with van der Waals surface area (Å²) in [7, 11) is 1.61. The van der Waals surface area contributed by atoms with Crippen molar-refractivity contribution in [1.82, 2.24) is 0 Å². The number of aliphatic hydroxyl groups excluding tert-OH is 2. The monoisotopic (exact) mass is 204 g/mol. The summed E-state index contributed by atoms with van der Waals surface area (Å²) in [5, 5.41) is 18.9. The molecule has 0 aliphatic heterocycles. The zero-order valence-corrected chi connectivity index (χ0v) is 9.73. The topological polar surface area (TPSA) is 49.7 Å². The highest BCUT2D eigenvalue weighted by molar-refractivity contribution is 4.69. The normalized spacial score (nSPS) is 20.1. The van der Waals surface area contributed by atoms with Gasteiger partial charge in [0.25, 0.3) is 0 Å². The van der Waals surface area contributed by atoms with Gasteiger partial charge in [-0.1, -0.05) is 13.8 Å². The zero-order chi connectivity index (χ0) is 11.1. The Bertz CT molecular complexity index is 136. The van der Waals surface area contributed by atoms with Crippen LogP contribution >= 0.6 is 0 Å². The average molecular weight is 204 g/mol. The minimum atomic E-state index is -0.439. The van der Waals surface area contributed by atoms with Crippen LogP contribution in [-0.2, 0) is 4.74 Å². The van der Waals surface area contributed by atoms with Crippen LogP contribution in [0.5, 0.6) is 0 Å². The molecule has 0 aliphatic rings. The quantitative estimate of drug-likeness (QED) is 0.662. The molecular formula is C11H24O3. The van der Waals surface area contributed by atoms with Gasteiger partial charge in [0.05, 0.1) is 18.3 Å². The van der Waals surface area contributed by atoms with Crippen molar-refractivity contribution in [3.63, 3.8) is 0 Å². The first-order chi connectivity index (χ1) is 6.52. The molecule has 0 bridgehead atoms. The number of methoxy groups -OCH3 is 1. The van der Waals surface area contributed by atoms with E-state index in [4.69, 9.17) is 4.74 Å². The third-order valence-corrected chi connectivity index (χ3v) is 2.82. The molecule has 0 amide bonds. The molecule has 0 aromatic carbocycles. The van der Waals surface area contributed by atoms with Gasteiger partial charge in [-0.05, 0) is 32.1 Å². The highest BCUT2D eigenvalue weighted by atomic mass is 16.5. The average Bonchev–Trinajstić information content (AvgIpc) is 2.16. The molecule has 0 aromatic heterocycles. The number of ether oxygens (including phenoxy) is 1. The molecule has 4 unspecified atom stereocenters. The molecule has 2 N–H and O–H groups in total. The third kappa shape index (κ3) is 4.94. The fourth-order valence-electron chi connectivity index (χ4n) is 1.58. The SMILES string of the molecule is CCC(O)C(C)CCC(OC)C(C)O. The lowest BCUT2D eigenvalue weighted by molar-refractivity contribution is -0.0137. The molecule has 0 rings (SSSR count). The highest BCUT2D eigenvalue weighted by Crippen LogP contribution is 2.17. The second kappa shape index (κ2) is 7.21. The van der Waals surface area contributed by atoms with E-state index < -0.39 is 6.10 Å². The lowest BCUT2D eigenvalue weighted by Crippen LogP contribution is -2.27. The molecule has 0 spiro atoms. The van der Waals surface area contributed by atoms with Gasteiger partial charge in [-0.3, -0.25) is 0 Å². The van der Waals surface area contributed by atoms with E-state index in [0.29, 0.717) is 0 Å². The maximum absolute atomic E-state index is 9.55. The van der Waals surface area contributed by atoms with Gasteiger partial charge in [0.2, 0.25) is 0 Å². The van der Waals surface area contributed by atoms with Gasteiger partial charge in [0.1, 0.15) is 0 Å². The predicted molar refractivity (Wildman–Crippen MR) is 57.2 cm³/mol. The molecule has 0 aromatic rings. The number of hydrogen-bond donors (Lipinski definition) is 2. The third-order valence-electron chi connectivity index (χ3n) is 2.82. The predicted octanol–water partition coefficient (Wildman–Crippen LogP) is 1.57. The van der Waals surface area contributed by atoms with E-state index in [0.717, 1.165) is 19.3 Å². The fourth-order valence-corrected chi connectivity index (χ4v) is 1.58. The van der Waals surface area contributed by atoms with Crippen molar-refractivity contribution >= 4 is 0 Å². The van der Waals surface area contributed by atoms with Crippen LogP contribution in [0.15, 0.2) is 0 Å². The number of rotatable bonds is 7. The molecule has 0 saturated heterocycles. The standard InChI is InChI=1S/C11H24O3/c1-5-10(13)8(2)6-7-11(14-4)9(3)12/h8-13H,5-7H2,1-4H3. The first-order valence-electron chi connectivity index (χ1n) is 5.41. The van der Waals surface area contributed by atoms with Crippen LogP contribution in [0.1, 0.15) is 40.0 Å². The molecule has 14 heavy (non-hydrogen) atoms. The van der Waals surface area contributed by atoms with Crippen molar-refractivity contribution in [2.45, 2.75) is 58.3 Å². The van der Waals surface area contributed by atoms with Crippen molar-refractivity contribution in [1.29, 1.82) is 0 Å². The van der Waals surface area contributed by atoms with E-state index in [1.54, 1.807) is 14.0 Å². The van der Waals surface area contributed by atoms with Crippen LogP contribution in [0.3, 0.4) is 0 Å². The van der Waals surface area contributed by atoms with Gasteiger partial charge in [-0.15, -0.1) is 0 Å². The summed E-state index contributed by atoms with van der Waals surface area (Å²) in [6.45, 7) is 5.74. The number of aliphatic hydroxyl groups is 2. The van der Waals surface area contributed by atoms with Crippen LogP contribution in [0.2, 0.25) is 0 Å². The summed E-state index contributed by atoms with van der Waals surface area (Å²) in [5.41, 5.74) is 0. The van der Waals surface area contributed by atoms with E-state index in [2.05, 4.69) is 0 Å². The molecule has 4 atom stereocenters. The summed E-state index contributed by atoms with van der Waals surface area (Å²) in [6, 6.07) is 0. The van der Waals surface area contributed by atoms with E-state index >= 15 is 0 Å². The van der Waals surface area contributed by atoms with Gasteiger partial charge >= 0.3 is 0 Å². The molecule has 0 fully saturated rings. The lowest BCUT2D eigenvalue weighted by Gasteiger charge is -2.22. The summed E-state index contributed by atoms with van der Waals surface area (Å²) in [5.74, 6) is 0.274. The molecule has 86 valence electrons. The van der Waals surface area contributed by atoms with Gasteiger partial charge < -0.3 is 14.9 Å². The Morgan fingerprint density at radius 1 is 1.14 bits per heavy atom. The summed E-state index contributed by atoms with van der Waals surface area (Å²) in [4.78, 5) is 0. The summed E-state index contributed by atoms with van der Waals surface area (Å²) < 4.78 is 5.14. The van der Waals surface area contributed by atoms with Crippen LogP contribution in [-0.4, -0.2) is 35.6 Å². The van der Waals surface area contributed by atoms with Gasteiger partial charge in [-0.25, -0.2) is 0 Å². The fraction of sp³-hybridized carbons (Fsp3) is 1.00. The Kier molecular flexibility index (Phi) is 7.15. The van der Waals surface area contributed by atoms with Gasteiger partial charge in [0, 0.05) is 7.11 Å². The Morgan fingerprint density at radius 3 is 2.07 bits per heavy atom. The molecule has 0 saturated carbocycles. The highest BCUT2D eigenvalue weighted by Gasteiger charge is 2.18. The first-order valence-corrected chi connectivity index (χ1v) is 5.41. The Balaban J connectivity index is 3.79. The smallest absolute Gasteiger partial charge is 0.0827 e. The summed E-state index contributed by atoms with van der Waals surface area (Å²) in [6.07, 6.45) is 1.69. The summed E-state index contributed by atoms with van der Waals surface area (Å²) >= 11 is 0. The molecule has 0 heterocycles. The van der Waals surface area contributed by atoms with Crippen LogP contribution in [0.4, 0.5) is 0 Å². The minimum absolute atomic E-state index is 0.110. The molecule has 0 radical (unpaired) electrons. The van der Waals surface area contributed by atoms with Crippen molar-refractivity contribution in [2.24, 2.45) is 5.92 Å². The van der Waals surface area contributed by atoms with Crippen molar-refractivity contribution in [2.75, 3.05) is 7.11 Å². The number of hydrogen-bond acceptors (Lipinski definition) is 3. The van der Waals surface area contributed by atoms with E-state index in [1.807, 2.05) is 13.8 Å². The minimum Gasteiger partial charge on any atom is -0.393 e. The maximum Gasteiger partial charge on any atom is 0.0827 e. The second-order valence-electron chi connectivity index (χ2n) is 4.04.